The van der Waals surface area contributed by atoms with Gasteiger partial charge in [-0.1, -0.05) is 0 Å². The molecule has 1 aliphatic heterocycles. The van der Waals surface area contributed by atoms with Gasteiger partial charge in [0.15, 0.2) is 9.84 Å². The maximum atomic E-state index is 11.6. The minimum atomic E-state index is -2.90. The van der Waals surface area contributed by atoms with Crippen molar-refractivity contribution in [3.05, 3.63) is 18.2 Å². The standard InChI is InChI=1S/C9H13ClN2O2S/c1-7-9(2-3-15(7,13)14)12-5-8(4-10)11-6-12/h5-7,9H,2-4H2,1H3. The third-order valence-electron chi connectivity index (χ3n) is 2.98. The summed E-state index contributed by atoms with van der Waals surface area (Å²) in [5.41, 5.74) is 0.785. The molecule has 1 saturated heterocycles. The SMILES string of the molecule is CC1C(n2cnc(CCl)c2)CCS1(=O)=O. The number of hydrogen-bond acceptors (Lipinski definition) is 3. The van der Waals surface area contributed by atoms with Crippen LogP contribution in [0, 0.1) is 0 Å². The Hall–Kier alpha value is -0.550. The third-order valence-corrected chi connectivity index (χ3v) is 5.51. The van der Waals surface area contributed by atoms with Crippen LogP contribution in [0.1, 0.15) is 25.1 Å². The fourth-order valence-corrected chi connectivity index (χ4v) is 3.80. The van der Waals surface area contributed by atoms with Crippen molar-refractivity contribution < 1.29 is 8.42 Å². The molecular weight excluding hydrogens is 236 g/mol. The molecule has 0 amide bonds. The van der Waals surface area contributed by atoms with Gasteiger partial charge in [-0.25, -0.2) is 13.4 Å². The minimum absolute atomic E-state index is 0.0134. The van der Waals surface area contributed by atoms with E-state index in [1.165, 1.54) is 0 Å². The Labute approximate surface area is 94.2 Å². The van der Waals surface area contributed by atoms with Gasteiger partial charge in [-0.05, 0) is 13.3 Å². The molecule has 2 heterocycles. The highest BCUT2D eigenvalue weighted by molar-refractivity contribution is 7.92. The highest BCUT2D eigenvalue weighted by Crippen LogP contribution is 2.30. The Bertz CT molecular complexity index is 454. The van der Waals surface area contributed by atoms with Crippen LogP contribution in [0.5, 0.6) is 0 Å². The Balaban J connectivity index is 2.26. The van der Waals surface area contributed by atoms with Gasteiger partial charge in [0.05, 0.1) is 34.9 Å². The summed E-state index contributed by atoms with van der Waals surface area (Å²) in [5.74, 6) is 0.633. The van der Waals surface area contributed by atoms with Gasteiger partial charge < -0.3 is 4.57 Å². The lowest BCUT2D eigenvalue weighted by molar-refractivity contribution is 0.496. The lowest BCUT2D eigenvalue weighted by Gasteiger charge is -2.15. The van der Waals surface area contributed by atoms with Gasteiger partial charge in [0, 0.05) is 6.20 Å². The van der Waals surface area contributed by atoms with Crippen molar-refractivity contribution in [3.8, 4) is 0 Å². The average Bonchev–Trinajstić information content (AvgIpc) is 2.74. The second-order valence-electron chi connectivity index (χ2n) is 3.87. The van der Waals surface area contributed by atoms with E-state index in [4.69, 9.17) is 11.6 Å². The van der Waals surface area contributed by atoms with Gasteiger partial charge in [0.1, 0.15) is 0 Å². The van der Waals surface area contributed by atoms with Crippen molar-refractivity contribution in [2.75, 3.05) is 5.75 Å². The molecule has 2 atom stereocenters. The minimum Gasteiger partial charge on any atom is -0.333 e. The molecule has 1 aromatic rings. The van der Waals surface area contributed by atoms with Crippen molar-refractivity contribution in [3.63, 3.8) is 0 Å². The van der Waals surface area contributed by atoms with Gasteiger partial charge in [0.2, 0.25) is 0 Å². The lowest BCUT2D eigenvalue weighted by atomic mass is 10.2. The Kier molecular flexibility index (Phi) is 2.77. The number of imidazole rings is 1. The zero-order chi connectivity index (χ0) is 11.1. The van der Waals surface area contributed by atoms with E-state index in [1.807, 2.05) is 10.8 Å². The Morgan fingerprint density at radius 2 is 2.40 bits per heavy atom. The van der Waals surface area contributed by atoms with Crippen LogP contribution in [-0.2, 0) is 15.7 Å². The second kappa shape index (κ2) is 3.79. The van der Waals surface area contributed by atoms with Gasteiger partial charge in [0.25, 0.3) is 0 Å². The predicted octanol–water partition coefficient (Wildman–Crippen LogP) is 1.37. The van der Waals surface area contributed by atoms with Crippen molar-refractivity contribution in [2.24, 2.45) is 0 Å². The summed E-state index contributed by atoms with van der Waals surface area (Å²) in [7, 11) is -2.90. The van der Waals surface area contributed by atoms with E-state index in [0.717, 1.165) is 5.69 Å². The molecule has 84 valence electrons. The predicted molar refractivity (Wildman–Crippen MR) is 58.7 cm³/mol. The van der Waals surface area contributed by atoms with Gasteiger partial charge in [-0.15, -0.1) is 11.6 Å². The summed E-state index contributed by atoms with van der Waals surface area (Å²) in [5, 5.41) is -0.324. The van der Waals surface area contributed by atoms with Gasteiger partial charge >= 0.3 is 0 Å². The molecule has 4 nitrogen and oxygen atoms in total. The van der Waals surface area contributed by atoms with Crippen LogP contribution in [0.4, 0.5) is 0 Å². The van der Waals surface area contributed by atoms with Gasteiger partial charge in [-0.2, -0.15) is 0 Å². The first-order valence-corrected chi connectivity index (χ1v) is 7.09. The maximum absolute atomic E-state index is 11.6. The molecule has 0 saturated carbocycles. The molecule has 0 aliphatic carbocycles. The fourth-order valence-electron chi connectivity index (χ4n) is 1.97. The summed E-state index contributed by atoms with van der Waals surface area (Å²) in [6, 6.07) is 0.0134. The highest BCUT2D eigenvalue weighted by atomic mass is 35.5. The summed E-state index contributed by atoms with van der Waals surface area (Å²) in [4.78, 5) is 4.10. The smallest absolute Gasteiger partial charge is 0.155 e. The first kappa shape index (κ1) is 11.0. The maximum Gasteiger partial charge on any atom is 0.155 e. The molecule has 6 heteroatoms. The Morgan fingerprint density at radius 3 is 2.87 bits per heavy atom. The highest BCUT2D eigenvalue weighted by Gasteiger charge is 2.37. The van der Waals surface area contributed by atoms with Crippen LogP contribution >= 0.6 is 11.6 Å². The Morgan fingerprint density at radius 1 is 1.67 bits per heavy atom. The normalized spacial score (nSPS) is 29.5. The van der Waals surface area contributed by atoms with E-state index < -0.39 is 9.84 Å². The molecule has 1 fully saturated rings. The molecular formula is C9H13ClN2O2S. The zero-order valence-corrected chi connectivity index (χ0v) is 10.0. The van der Waals surface area contributed by atoms with Gasteiger partial charge in [-0.3, -0.25) is 0 Å². The van der Waals surface area contributed by atoms with Crippen molar-refractivity contribution >= 4 is 21.4 Å². The molecule has 1 aliphatic rings. The number of aromatic nitrogens is 2. The summed E-state index contributed by atoms with van der Waals surface area (Å²) in [6.45, 7) is 1.76. The third kappa shape index (κ3) is 1.90. The molecule has 0 bridgehead atoms. The monoisotopic (exact) mass is 248 g/mol. The van der Waals surface area contributed by atoms with Crippen LogP contribution in [-0.4, -0.2) is 29.0 Å². The number of halogens is 1. The molecule has 15 heavy (non-hydrogen) atoms. The van der Waals surface area contributed by atoms with E-state index in [-0.39, 0.29) is 17.0 Å². The van der Waals surface area contributed by atoms with E-state index >= 15 is 0 Å². The molecule has 0 spiro atoms. The van der Waals surface area contributed by atoms with E-state index in [2.05, 4.69) is 4.98 Å². The summed E-state index contributed by atoms with van der Waals surface area (Å²) >= 11 is 5.65. The van der Waals surface area contributed by atoms with E-state index in [9.17, 15) is 8.42 Å². The molecule has 1 aromatic heterocycles. The summed E-state index contributed by atoms with van der Waals surface area (Å²) in [6.07, 6.45) is 4.16. The zero-order valence-electron chi connectivity index (χ0n) is 8.43. The van der Waals surface area contributed by atoms with Crippen molar-refractivity contribution in [1.29, 1.82) is 0 Å². The molecule has 0 aromatic carbocycles. The van der Waals surface area contributed by atoms with Crippen LogP contribution in [0.15, 0.2) is 12.5 Å². The van der Waals surface area contributed by atoms with Crippen LogP contribution < -0.4 is 0 Å². The van der Waals surface area contributed by atoms with Crippen molar-refractivity contribution in [2.45, 2.75) is 30.5 Å². The summed E-state index contributed by atoms with van der Waals surface area (Å²) < 4.78 is 25.0. The number of rotatable bonds is 2. The largest absolute Gasteiger partial charge is 0.333 e. The average molecular weight is 249 g/mol. The first-order valence-electron chi connectivity index (χ1n) is 4.84. The van der Waals surface area contributed by atoms with Crippen LogP contribution in [0.3, 0.4) is 0 Å². The topological polar surface area (TPSA) is 52.0 Å². The molecule has 2 rings (SSSR count). The second-order valence-corrected chi connectivity index (χ2v) is 6.62. The quantitative estimate of drug-likeness (QED) is 0.743. The lowest BCUT2D eigenvalue weighted by Crippen LogP contribution is -2.20. The number of sulfone groups is 1. The molecule has 0 radical (unpaired) electrons. The van der Waals surface area contributed by atoms with E-state index in [0.29, 0.717) is 12.3 Å². The van der Waals surface area contributed by atoms with E-state index in [1.54, 1.807) is 13.3 Å². The molecule has 2 unspecified atom stereocenters. The fraction of sp³-hybridized carbons (Fsp3) is 0.667. The molecule has 0 N–H and O–H groups in total. The van der Waals surface area contributed by atoms with Crippen LogP contribution in [0.2, 0.25) is 0 Å². The van der Waals surface area contributed by atoms with Crippen molar-refractivity contribution in [1.82, 2.24) is 9.55 Å². The number of nitrogens with zero attached hydrogens (tertiary/aromatic N) is 2. The van der Waals surface area contributed by atoms with Crippen LogP contribution in [0.25, 0.3) is 0 Å². The number of hydrogen-bond donors (Lipinski definition) is 0. The number of alkyl halides is 1. The first-order chi connectivity index (χ1) is 7.04.